The standard InChI is InChI=1S/C13H12N2O4/c16-12(17)7-15(8-13(18)19)11-5-6-14-10-4-2-1-3-9(10)11/h1-6H,7-8H2,(H,16,17)(H,18,19). The molecule has 6 nitrogen and oxygen atoms in total. The summed E-state index contributed by atoms with van der Waals surface area (Å²) in [7, 11) is 0. The summed E-state index contributed by atoms with van der Waals surface area (Å²) in [5, 5.41) is 18.5. The zero-order valence-corrected chi connectivity index (χ0v) is 9.98. The summed E-state index contributed by atoms with van der Waals surface area (Å²) in [4.78, 5) is 27.2. The molecule has 0 spiro atoms. The molecule has 0 saturated heterocycles. The van der Waals surface area contributed by atoms with Crippen LogP contribution in [-0.4, -0.2) is 40.2 Å². The van der Waals surface area contributed by atoms with Gasteiger partial charge in [-0.3, -0.25) is 14.6 Å². The van der Waals surface area contributed by atoms with E-state index < -0.39 is 11.9 Å². The summed E-state index contributed by atoms with van der Waals surface area (Å²) in [6, 6.07) is 8.81. The summed E-state index contributed by atoms with van der Waals surface area (Å²) in [6.45, 7) is -0.749. The molecule has 1 heterocycles. The molecule has 6 heteroatoms. The van der Waals surface area contributed by atoms with Crippen molar-refractivity contribution in [2.24, 2.45) is 0 Å². The number of carboxylic acid groups (broad SMARTS) is 2. The number of aromatic nitrogens is 1. The van der Waals surface area contributed by atoms with Gasteiger partial charge >= 0.3 is 11.9 Å². The molecular formula is C13H12N2O4. The normalized spacial score (nSPS) is 10.3. The monoisotopic (exact) mass is 260 g/mol. The maximum absolute atomic E-state index is 10.9. The van der Waals surface area contributed by atoms with Gasteiger partial charge in [-0.25, -0.2) is 0 Å². The number of carbonyl (C=O) groups is 2. The highest BCUT2D eigenvalue weighted by Crippen LogP contribution is 2.24. The van der Waals surface area contributed by atoms with Gasteiger partial charge in [-0.1, -0.05) is 18.2 Å². The molecule has 0 radical (unpaired) electrons. The van der Waals surface area contributed by atoms with Crippen molar-refractivity contribution in [3.63, 3.8) is 0 Å². The minimum atomic E-state index is -1.08. The van der Waals surface area contributed by atoms with E-state index in [9.17, 15) is 9.59 Å². The first kappa shape index (κ1) is 12.8. The molecule has 98 valence electrons. The number of anilines is 1. The minimum absolute atomic E-state index is 0.375. The number of aliphatic carboxylic acids is 2. The van der Waals surface area contributed by atoms with Crippen molar-refractivity contribution in [3.8, 4) is 0 Å². The van der Waals surface area contributed by atoms with Crippen molar-refractivity contribution in [2.45, 2.75) is 0 Å². The predicted octanol–water partition coefficient (Wildman–Crippen LogP) is 1.21. The molecule has 0 aliphatic carbocycles. The molecule has 0 unspecified atom stereocenters. The van der Waals surface area contributed by atoms with E-state index in [1.165, 1.54) is 11.1 Å². The number of pyridine rings is 1. The molecule has 19 heavy (non-hydrogen) atoms. The number of rotatable bonds is 5. The van der Waals surface area contributed by atoms with Gasteiger partial charge in [-0.2, -0.15) is 0 Å². The second kappa shape index (κ2) is 5.34. The Morgan fingerprint density at radius 3 is 2.32 bits per heavy atom. The highest BCUT2D eigenvalue weighted by Gasteiger charge is 2.16. The van der Waals surface area contributed by atoms with Crippen LogP contribution in [0.15, 0.2) is 36.5 Å². The van der Waals surface area contributed by atoms with Gasteiger partial charge in [0.15, 0.2) is 0 Å². The highest BCUT2D eigenvalue weighted by atomic mass is 16.4. The van der Waals surface area contributed by atoms with Gasteiger partial charge in [0.1, 0.15) is 13.1 Å². The second-order valence-electron chi connectivity index (χ2n) is 3.99. The van der Waals surface area contributed by atoms with Gasteiger partial charge in [0.25, 0.3) is 0 Å². The largest absolute Gasteiger partial charge is 0.480 e. The van der Waals surface area contributed by atoms with E-state index in [-0.39, 0.29) is 13.1 Å². The molecule has 1 aromatic carbocycles. The van der Waals surface area contributed by atoms with Crippen LogP contribution in [0.3, 0.4) is 0 Å². The fraction of sp³-hybridized carbons (Fsp3) is 0.154. The molecule has 0 aliphatic heterocycles. The maximum Gasteiger partial charge on any atom is 0.323 e. The van der Waals surface area contributed by atoms with Crippen LogP contribution in [0, 0.1) is 0 Å². The highest BCUT2D eigenvalue weighted by molar-refractivity contribution is 5.94. The van der Waals surface area contributed by atoms with Gasteiger partial charge in [-0.05, 0) is 12.1 Å². The average Bonchev–Trinajstić information content (AvgIpc) is 2.36. The Kier molecular flexibility index (Phi) is 3.61. The van der Waals surface area contributed by atoms with Crippen LogP contribution >= 0.6 is 0 Å². The van der Waals surface area contributed by atoms with Gasteiger partial charge in [0.05, 0.1) is 5.52 Å². The van der Waals surface area contributed by atoms with Crippen molar-refractivity contribution in [1.82, 2.24) is 4.98 Å². The molecular weight excluding hydrogens is 248 g/mol. The lowest BCUT2D eigenvalue weighted by atomic mass is 10.1. The lowest BCUT2D eigenvalue weighted by molar-refractivity contribution is -0.136. The third-order valence-corrected chi connectivity index (χ3v) is 2.62. The van der Waals surface area contributed by atoms with E-state index >= 15 is 0 Å². The van der Waals surface area contributed by atoms with E-state index in [4.69, 9.17) is 10.2 Å². The van der Waals surface area contributed by atoms with E-state index in [0.29, 0.717) is 11.2 Å². The first-order chi connectivity index (χ1) is 9.08. The Balaban J connectivity index is 2.48. The fourth-order valence-electron chi connectivity index (χ4n) is 1.91. The number of fused-ring (bicyclic) bond motifs is 1. The Bertz CT molecular complexity index is 606. The lowest BCUT2D eigenvalue weighted by Gasteiger charge is -2.22. The zero-order valence-electron chi connectivity index (χ0n) is 9.98. The number of benzene rings is 1. The SMILES string of the molecule is O=C(O)CN(CC(=O)O)c1ccnc2ccccc12. The second-order valence-corrected chi connectivity index (χ2v) is 3.99. The van der Waals surface area contributed by atoms with E-state index in [1.807, 2.05) is 6.07 Å². The van der Waals surface area contributed by atoms with E-state index in [2.05, 4.69) is 4.98 Å². The zero-order chi connectivity index (χ0) is 13.8. The Labute approximate surface area is 108 Å². The molecule has 0 bridgehead atoms. The summed E-state index contributed by atoms with van der Waals surface area (Å²) >= 11 is 0. The van der Waals surface area contributed by atoms with E-state index in [0.717, 1.165) is 5.39 Å². The molecule has 2 N–H and O–H groups in total. The molecule has 0 aliphatic rings. The Morgan fingerprint density at radius 2 is 1.68 bits per heavy atom. The number of carboxylic acids is 2. The minimum Gasteiger partial charge on any atom is -0.480 e. The van der Waals surface area contributed by atoms with E-state index in [1.54, 1.807) is 24.3 Å². The smallest absolute Gasteiger partial charge is 0.323 e. The van der Waals surface area contributed by atoms with Crippen LogP contribution in [0.4, 0.5) is 5.69 Å². The molecule has 0 saturated carbocycles. The topological polar surface area (TPSA) is 90.7 Å². The van der Waals surface area contributed by atoms with Crippen LogP contribution in [0.25, 0.3) is 10.9 Å². The fourth-order valence-corrected chi connectivity index (χ4v) is 1.91. The molecule has 2 aromatic rings. The molecule has 1 aromatic heterocycles. The lowest BCUT2D eigenvalue weighted by Crippen LogP contribution is -2.34. The first-order valence-electron chi connectivity index (χ1n) is 5.60. The van der Waals surface area contributed by atoms with Crippen molar-refractivity contribution in [1.29, 1.82) is 0 Å². The summed E-state index contributed by atoms with van der Waals surface area (Å²) in [6.07, 6.45) is 1.54. The quantitative estimate of drug-likeness (QED) is 0.839. The van der Waals surface area contributed by atoms with Crippen LogP contribution in [0.5, 0.6) is 0 Å². The average molecular weight is 260 g/mol. The van der Waals surface area contributed by atoms with Crippen LogP contribution < -0.4 is 4.90 Å². The van der Waals surface area contributed by atoms with Crippen LogP contribution in [-0.2, 0) is 9.59 Å². The number of para-hydroxylation sites is 1. The van der Waals surface area contributed by atoms with Crippen molar-refractivity contribution >= 4 is 28.5 Å². The maximum atomic E-state index is 10.9. The first-order valence-corrected chi connectivity index (χ1v) is 5.60. The number of nitrogens with zero attached hydrogens (tertiary/aromatic N) is 2. The van der Waals surface area contributed by atoms with Crippen LogP contribution in [0.1, 0.15) is 0 Å². The summed E-state index contributed by atoms with van der Waals surface area (Å²) in [5.74, 6) is -2.16. The number of hydrogen-bond donors (Lipinski definition) is 2. The van der Waals surface area contributed by atoms with Crippen molar-refractivity contribution in [2.75, 3.05) is 18.0 Å². The molecule has 0 amide bonds. The van der Waals surface area contributed by atoms with Crippen molar-refractivity contribution < 1.29 is 19.8 Å². The van der Waals surface area contributed by atoms with Gasteiger partial charge in [0.2, 0.25) is 0 Å². The van der Waals surface area contributed by atoms with Gasteiger partial charge < -0.3 is 15.1 Å². The van der Waals surface area contributed by atoms with Crippen LogP contribution in [0.2, 0.25) is 0 Å². The Hall–Kier alpha value is -2.63. The van der Waals surface area contributed by atoms with Gasteiger partial charge in [0, 0.05) is 17.3 Å². The molecule has 2 rings (SSSR count). The summed E-state index contributed by atoms with van der Waals surface area (Å²) in [5.41, 5.74) is 1.25. The molecule has 0 fully saturated rings. The van der Waals surface area contributed by atoms with Crippen molar-refractivity contribution in [3.05, 3.63) is 36.5 Å². The predicted molar refractivity (Wildman–Crippen MR) is 69.2 cm³/mol. The Morgan fingerprint density at radius 1 is 1.05 bits per heavy atom. The van der Waals surface area contributed by atoms with Gasteiger partial charge in [-0.15, -0.1) is 0 Å². The summed E-state index contributed by atoms with van der Waals surface area (Å²) < 4.78 is 0. The third-order valence-electron chi connectivity index (χ3n) is 2.62. The number of hydrogen-bond acceptors (Lipinski definition) is 4. The third kappa shape index (κ3) is 2.98. The molecule has 0 atom stereocenters.